The number of phenolic OH excluding ortho intramolecular Hbond substituents is 1. The molecule has 4 N–H and O–H groups in total. The Morgan fingerprint density at radius 1 is 0.944 bits per heavy atom. The summed E-state index contributed by atoms with van der Waals surface area (Å²) in [6.07, 6.45) is 8.61. The van der Waals surface area contributed by atoms with E-state index in [0.717, 1.165) is 46.9 Å². The summed E-state index contributed by atoms with van der Waals surface area (Å²) in [6, 6.07) is 7.90. The summed E-state index contributed by atoms with van der Waals surface area (Å²) in [5.74, 6) is -0.178. The first-order chi connectivity index (χ1) is 17.6. The second-order valence-corrected chi connectivity index (χ2v) is 8.42. The Morgan fingerprint density at radius 3 is 2.69 bits per heavy atom. The Hall–Kier alpha value is -4.70. The molecule has 0 aliphatic heterocycles. The predicted octanol–water partition coefficient (Wildman–Crippen LogP) is 4.58. The number of halogens is 1. The maximum absolute atomic E-state index is 13.9. The van der Waals surface area contributed by atoms with Gasteiger partial charge in [0, 0.05) is 47.7 Å². The fourth-order valence-electron chi connectivity index (χ4n) is 4.23. The molecule has 1 aromatic carbocycles. The van der Waals surface area contributed by atoms with Crippen molar-refractivity contribution in [3.8, 4) is 39.7 Å². The molecule has 0 unspecified atom stereocenters. The van der Waals surface area contributed by atoms with Crippen molar-refractivity contribution in [2.24, 2.45) is 0 Å². The van der Waals surface area contributed by atoms with Crippen LogP contribution in [-0.4, -0.2) is 46.8 Å². The third kappa shape index (κ3) is 3.93. The molecule has 0 spiro atoms. The van der Waals surface area contributed by atoms with Gasteiger partial charge >= 0.3 is 0 Å². The van der Waals surface area contributed by atoms with E-state index in [1.807, 2.05) is 12.3 Å². The molecular weight excluding hydrogens is 459 g/mol. The standard InChI is InChI=1S/C26H21FN8O/c1-2-28-8-14-3-16(10-29-9-14)21-7-19-22(13-31-21)34-35-25(19)26-32-23-12-30-11-20(24(23)33-26)15-4-17(27)6-18(36)5-15/h3-7,9-13,28,36H,2,8H2,1H3,(H,32,33)(H,34,35). The SMILES string of the molecule is CCNCc1cncc(-c2cc3c(-c4nc5c(-c6cc(O)cc(F)c6)cncc5[nH]4)n[nH]c3cn2)c1. The smallest absolute Gasteiger partial charge is 0.159 e. The number of hydrogen-bond donors (Lipinski definition) is 4. The van der Waals surface area contributed by atoms with E-state index in [4.69, 9.17) is 4.98 Å². The van der Waals surface area contributed by atoms with E-state index in [-0.39, 0.29) is 5.75 Å². The first-order valence-corrected chi connectivity index (χ1v) is 11.4. The van der Waals surface area contributed by atoms with Gasteiger partial charge in [0.1, 0.15) is 17.3 Å². The van der Waals surface area contributed by atoms with Gasteiger partial charge in [-0.2, -0.15) is 5.10 Å². The minimum Gasteiger partial charge on any atom is -0.508 e. The molecule has 0 radical (unpaired) electrons. The summed E-state index contributed by atoms with van der Waals surface area (Å²) in [7, 11) is 0. The van der Waals surface area contributed by atoms with Crippen LogP contribution in [0.25, 0.3) is 55.8 Å². The summed E-state index contributed by atoms with van der Waals surface area (Å²) in [6.45, 7) is 3.67. The number of imidazole rings is 1. The average molecular weight is 481 g/mol. The van der Waals surface area contributed by atoms with Crippen LogP contribution >= 0.6 is 0 Å². The fraction of sp³-hybridized carbons (Fsp3) is 0.115. The molecule has 0 bridgehead atoms. The third-order valence-corrected chi connectivity index (χ3v) is 5.93. The molecule has 5 heterocycles. The second-order valence-electron chi connectivity index (χ2n) is 8.42. The maximum Gasteiger partial charge on any atom is 0.159 e. The summed E-state index contributed by atoms with van der Waals surface area (Å²) in [5.41, 5.74) is 6.46. The zero-order valence-corrected chi connectivity index (χ0v) is 19.2. The van der Waals surface area contributed by atoms with Gasteiger partial charge < -0.3 is 15.4 Å². The fourth-order valence-corrected chi connectivity index (χ4v) is 4.23. The van der Waals surface area contributed by atoms with Crippen LogP contribution < -0.4 is 5.32 Å². The second kappa shape index (κ2) is 8.82. The van der Waals surface area contributed by atoms with Gasteiger partial charge in [-0.25, -0.2) is 9.37 Å². The first-order valence-electron chi connectivity index (χ1n) is 11.4. The number of nitrogens with one attached hydrogen (secondary N) is 3. The average Bonchev–Trinajstić information content (AvgIpc) is 3.50. The molecule has 0 saturated heterocycles. The molecule has 0 aliphatic carbocycles. The number of hydrogen-bond acceptors (Lipinski definition) is 7. The first kappa shape index (κ1) is 21.8. The van der Waals surface area contributed by atoms with Crippen LogP contribution in [0.3, 0.4) is 0 Å². The lowest BCUT2D eigenvalue weighted by molar-refractivity contribution is 0.469. The highest BCUT2D eigenvalue weighted by molar-refractivity contribution is 5.97. The van der Waals surface area contributed by atoms with Crippen LogP contribution in [0.4, 0.5) is 4.39 Å². The number of aromatic nitrogens is 7. The van der Waals surface area contributed by atoms with Crippen molar-refractivity contribution in [2.75, 3.05) is 6.54 Å². The molecule has 10 heteroatoms. The number of aromatic amines is 2. The van der Waals surface area contributed by atoms with Crippen molar-refractivity contribution < 1.29 is 9.50 Å². The minimum absolute atomic E-state index is 0.167. The Morgan fingerprint density at radius 2 is 1.83 bits per heavy atom. The lowest BCUT2D eigenvalue weighted by Gasteiger charge is -2.05. The number of fused-ring (bicyclic) bond motifs is 2. The molecule has 0 fully saturated rings. The van der Waals surface area contributed by atoms with E-state index in [1.165, 1.54) is 12.1 Å². The van der Waals surface area contributed by atoms with Gasteiger partial charge in [0.2, 0.25) is 0 Å². The molecule has 36 heavy (non-hydrogen) atoms. The van der Waals surface area contributed by atoms with E-state index in [0.29, 0.717) is 33.7 Å². The van der Waals surface area contributed by atoms with Crippen molar-refractivity contribution in [3.63, 3.8) is 0 Å². The van der Waals surface area contributed by atoms with Crippen LogP contribution in [0.1, 0.15) is 12.5 Å². The highest BCUT2D eigenvalue weighted by Gasteiger charge is 2.17. The summed E-state index contributed by atoms with van der Waals surface area (Å²) in [4.78, 5) is 21.3. The number of benzene rings is 1. The van der Waals surface area contributed by atoms with Crippen molar-refractivity contribution >= 4 is 21.9 Å². The Bertz CT molecular complexity index is 1700. The molecule has 0 atom stereocenters. The van der Waals surface area contributed by atoms with Gasteiger partial charge in [0.15, 0.2) is 5.82 Å². The monoisotopic (exact) mass is 480 g/mol. The molecule has 178 valence electrons. The predicted molar refractivity (Wildman–Crippen MR) is 134 cm³/mol. The van der Waals surface area contributed by atoms with Crippen molar-refractivity contribution in [1.29, 1.82) is 0 Å². The van der Waals surface area contributed by atoms with Crippen molar-refractivity contribution in [2.45, 2.75) is 13.5 Å². The summed E-state index contributed by atoms with van der Waals surface area (Å²) in [5, 5.41) is 21.5. The quantitative estimate of drug-likeness (QED) is 0.275. The van der Waals surface area contributed by atoms with Gasteiger partial charge in [0.05, 0.1) is 34.6 Å². The topological polar surface area (TPSA) is 128 Å². The third-order valence-electron chi connectivity index (χ3n) is 5.93. The van der Waals surface area contributed by atoms with Gasteiger partial charge in [-0.05, 0) is 41.9 Å². The number of pyridine rings is 3. The molecule has 6 rings (SSSR count). The van der Waals surface area contributed by atoms with E-state index < -0.39 is 5.82 Å². The summed E-state index contributed by atoms with van der Waals surface area (Å²) < 4.78 is 13.9. The van der Waals surface area contributed by atoms with E-state index >= 15 is 0 Å². The van der Waals surface area contributed by atoms with E-state index in [9.17, 15) is 9.50 Å². The van der Waals surface area contributed by atoms with Crippen LogP contribution in [0, 0.1) is 5.82 Å². The number of rotatable bonds is 6. The Balaban J connectivity index is 1.44. The zero-order valence-electron chi connectivity index (χ0n) is 19.2. The number of phenols is 1. The molecular formula is C26H21FN8O. The van der Waals surface area contributed by atoms with Crippen LogP contribution in [0.2, 0.25) is 0 Å². The normalized spacial score (nSPS) is 11.5. The molecule has 6 aromatic rings. The number of aromatic hydroxyl groups is 1. The van der Waals surface area contributed by atoms with Gasteiger partial charge in [-0.15, -0.1) is 0 Å². The highest BCUT2D eigenvalue weighted by atomic mass is 19.1. The zero-order chi connectivity index (χ0) is 24.6. The van der Waals surface area contributed by atoms with Gasteiger partial charge in [-0.3, -0.25) is 20.1 Å². The molecule has 0 aliphatic rings. The van der Waals surface area contributed by atoms with Crippen LogP contribution in [0.15, 0.2) is 61.3 Å². The van der Waals surface area contributed by atoms with E-state index in [1.54, 1.807) is 24.8 Å². The minimum atomic E-state index is -0.542. The molecule has 0 amide bonds. The van der Waals surface area contributed by atoms with Crippen LogP contribution in [0.5, 0.6) is 5.75 Å². The molecule has 9 nitrogen and oxygen atoms in total. The molecule has 5 aromatic heterocycles. The number of nitrogens with zero attached hydrogens (tertiary/aromatic N) is 5. The maximum atomic E-state index is 13.9. The summed E-state index contributed by atoms with van der Waals surface area (Å²) >= 11 is 0. The molecule has 0 saturated carbocycles. The van der Waals surface area contributed by atoms with Crippen molar-refractivity contribution in [3.05, 3.63) is 72.7 Å². The van der Waals surface area contributed by atoms with Crippen LogP contribution in [-0.2, 0) is 6.54 Å². The number of H-pyrrole nitrogens is 2. The lowest BCUT2D eigenvalue weighted by atomic mass is 10.1. The van der Waals surface area contributed by atoms with Gasteiger partial charge in [0.25, 0.3) is 0 Å². The largest absolute Gasteiger partial charge is 0.508 e. The van der Waals surface area contributed by atoms with E-state index in [2.05, 4.69) is 48.4 Å². The Kier molecular flexibility index (Phi) is 5.34. The van der Waals surface area contributed by atoms with Gasteiger partial charge in [-0.1, -0.05) is 6.92 Å². The van der Waals surface area contributed by atoms with Crippen molar-refractivity contribution in [1.82, 2.24) is 40.4 Å². The lowest BCUT2D eigenvalue weighted by Crippen LogP contribution is -2.11. The highest BCUT2D eigenvalue weighted by Crippen LogP contribution is 2.33. The Labute approximate surface area is 204 Å².